The number of hydrogen-bond donors (Lipinski definition) is 0. The minimum absolute atomic E-state index is 0.160. The van der Waals surface area contributed by atoms with Gasteiger partial charge < -0.3 is 4.74 Å². The smallest absolute Gasteiger partial charge is 0.312 e. The molecule has 0 aliphatic carbocycles. The minimum atomic E-state index is -0.293. The van der Waals surface area contributed by atoms with Crippen LogP contribution in [0, 0.1) is 12.7 Å². The SMILES string of the molecule is CCOC(=O)Cc1nc(-c2ccc(C)c(F)c2)cs1. The highest BCUT2D eigenvalue weighted by atomic mass is 32.1. The fourth-order valence-electron chi connectivity index (χ4n) is 1.61. The Balaban J connectivity index is 2.16. The molecule has 1 heterocycles. The van der Waals surface area contributed by atoms with E-state index in [1.807, 2.05) is 11.4 Å². The molecule has 0 spiro atoms. The summed E-state index contributed by atoms with van der Waals surface area (Å²) in [5.74, 6) is -0.545. The second-order valence-corrected chi connectivity index (χ2v) is 5.01. The third-order valence-corrected chi connectivity index (χ3v) is 3.47. The van der Waals surface area contributed by atoms with Crippen molar-refractivity contribution in [2.75, 3.05) is 6.61 Å². The monoisotopic (exact) mass is 279 g/mol. The first-order valence-electron chi connectivity index (χ1n) is 5.96. The molecule has 2 rings (SSSR count). The van der Waals surface area contributed by atoms with Crippen molar-refractivity contribution in [3.8, 4) is 11.3 Å². The topological polar surface area (TPSA) is 39.2 Å². The zero-order chi connectivity index (χ0) is 13.8. The molecular weight excluding hydrogens is 265 g/mol. The van der Waals surface area contributed by atoms with Gasteiger partial charge in [-0.2, -0.15) is 0 Å². The highest BCUT2D eigenvalue weighted by molar-refractivity contribution is 7.10. The van der Waals surface area contributed by atoms with Crippen LogP contribution in [-0.2, 0) is 16.0 Å². The summed E-state index contributed by atoms with van der Waals surface area (Å²) in [4.78, 5) is 15.7. The van der Waals surface area contributed by atoms with E-state index in [4.69, 9.17) is 4.74 Å². The van der Waals surface area contributed by atoms with Gasteiger partial charge in [0.1, 0.15) is 10.8 Å². The predicted octanol–water partition coefficient (Wildman–Crippen LogP) is 3.36. The summed E-state index contributed by atoms with van der Waals surface area (Å²) < 4.78 is 18.3. The molecule has 1 aromatic heterocycles. The Morgan fingerprint density at radius 2 is 2.26 bits per heavy atom. The molecule has 0 aliphatic heterocycles. The van der Waals surface area contributed by atoms with Gasteiger partial charge in [-0.1, -0.05) is 12.1 Å². The molecule has 0 fully saturated rings. The van der Waals surface area contributed by atoms with Crippen molar-refractivity contribution < 1.29 is 13.9 Å². The van der Waals surface area contributed by atoms with Gasteiger partial charge in [-0.05, 0) is 25.5 Å². The van der Waals surface area contributed by atoms with Gasteiger partial charge in [-0.15, -0.1) is 11.3 Å². The van der Waals surface area contributed by atoms with Crippen LogP contribution in [0.15, 0.2) is 23.6 Å². The number of esters is 1. The summed E-state index contributed by atoms with van der Waals surface area (Å²) in [6.45, 7) is 3.84. The second-order valence-electron chi connectivity index (χ2n) is 4.07. The van der Waals surface area contributed by atoms with Crippen LogP contribution in [-0.4, -0.2) is 17.6 Å². The van der Waals surface area contributed by atoms with E-state index in [0.717, 1.165) is 5.56 Å². The average molecular weight is 279 g/mol. The molecule has 0 N–H and O–H groups in total. The van der Waals surface area contributed by atoms with E-state index >= 15 is 0 Å². The fourth-order valence-corrected chi connectivity index (χ4v) is 2.40. The number of aromatic nitrogens is 1. The lowest BCUT2D eigenvalue weighted by atomic mass is 10.1. The summed E-state index contributed by atoms with van der Waals surface area (Å²) in [5.41, 5.74) is 2.00. The van der Waals surface area contributed by atoms with E-state index in [1.165, 1.54) is 17.4 Å². The Bertz CT molecular complexity index is 595. The molecule has 0 radical (unpaired) electrons. The van der Waals surface area contributed by atoms with Crippen LogP contribution >= 0.6 is 11.3 Å². The van der Waals surface area contributed by atoms with Gasteiger partial charge in [0.15, 0.2) is 0 Å². The largest absolute Gasteiger partial charge is 0.466 e. The number of carbonyl (C=O) groups excluding carboxylic acids is 1. The number of carbonyl (C=O) groups is 1. The Morgan fingerprint density at radius 3 is 2.95 bits per heavy atom. The highest BCUT2D eigenvalue weighted by Gasteiger charge is 2.10. The quantitative estimate of drug-likeness (QED) is 0.806. The van der Waals surface area contributed by atoms with Crippen molar-refractivity contribution in [3.63, 3.8) is 0 Å². The van der Waals surface area contributed by atoms with Crippen LogP contribution in [0.25, 0.3) is 11.3 Å². The van der Waals surface area contributed by atoms with Crippen LogP contribution in [0.1, 0.15) is 17.5 Å². The molecule has 100 valence electrons. The van der Waals surface area contributed by atoms with Crippen LogP contribution in [0.4, 0.5) is 4.39 Å². The summed E-state index contributed by atoms with van der Waals surface area (Å²) >= 11 is 1.37. The molecule has 0 amide bonds. The number of thiazole rings is 1. The summed E-state index contributed by atoms with van der Waals surface area (Å²) in [6.07, 6.45) is 0.160. The zero-order valence-electron chi connectivity index (χ0n) is 10.8. The van der Waals surface area contributed by atoms with Gasteiger partial charge in [0.25, 0.3) is 0 Å². The maximum absolute atomic E-state index is 13.5. The first-order valence-corrected chi connectivity index (χ1v) is 6.84. The van der Waals surface area contributed by atoms with Gasteiger partial charge in [-0.3, -0.25) is 4.79 Å². The van der Waals surface area contributed by atoms with Crippen molar-refractivity contribution >= 4 is 17.3 Å². The molecule has 0 atom stereocenters. The summed E-state index contributed by atoms with van der Waals surface area (Å²) in [7, 11) is 0. The number of ether oxygens (including phenoxy) is 1. The van der Waals surface area contributed by atoms with E-state index in [1.54, 1.807) is 19.9 Å². The van der Waals surface area contributed by atoms with E-state index in [-0.39, 0.29) is 18.2 Å². The molecule has 0 aliphatic rings. The summed E-state index contributed by atoms with van der Waals surface area (Å²) in [5, 5.41) is 2.49. The van der Waals surface area contributed by atoms with E-state index < -0.39 is 0 Å². The molecule has 3 nitrogen and oxygen atoms in total. The standard InChI is InChI=1S/C14H14FNO2S/c1-3-18-14(17)7-13-16-12(8-19-13)10-5-4-9(2)11(15)6-10/h4-6,8H,3,7H2,1-2H3. The molecule has 0 unspecified atom stereocenters. The fraction of sp³-hybridized carbons (Fsp3) is 0.286. The van der Waals surface area contributed by atoms with Crippen LogP contribution in [0.5, 0.6) is 0 Å². The van der Waals surface area contributed by atoms with Crippen LogP contribution in [0.2, 0.25) is 0 Å². The molecule has 2 aromatic rings. The molecule has 19 heavy (non-hydrogen) atoms. The number of aryl methyl sites for hydroxylation is 1. The molecule has 1 aromatic carbocycles. The Hall–Kier alpha value is -1.75. The van der Waals surface area contributed by atoms with Crippen LogP contribution < -0.4 is 0 Å². The molecule has 0 saturated heterocycles. The van der Waals surface area contributed by atoms with Gasteiger partial charge >= 0.3 is 5.97 Å². The molecule has 0 bridgehead atoms. The number of hydrogen-bond acceptors (Lipinski definition) is 4. The molecular formula is C14H14FNO2S. The summed E-state index contributed by atoms with van der Waals surface area (Å²) in [6, 6.07) is 5.00. The Kier molecular flexibility index (Phi) is 4.27. The Morgan fingerprint density at radius 1 is 1.47 bits per heavy atom. The third kappa shape index (κ3) is 3.38. The average Bonchev–Trinajstić information content (AvgIpc) is 2.81. The van der Waals surface area contributed by atoms with E-state index in [0.29, 0.717) is 22.9 Å². The number of nitrogens with zero attached hydrogens (tertiary/aromatic N) is 1. The highest BCUT2D eigenvalue weighted by Crippen LogP contribution is 2.24. The van der Waals surface area contributed by atoms with Gasteiger partial charge in [0, 0.05) is 10.9 Å². The Labute approximate surface area is 115 Å². The van der Waals surface area contributed by atoms with Crippen molar-refractivity contribution in [1.82, 2.24) is 4.98 Å². The third-order valence-electron chi connectivity index (χ3n) is 2.62. The maximum atomic E-state index is 13.5. The van der Waals surface area contributed by atoms with Gasteiger partial charge in [-0.25, -0.2) is 9.37 Å². The lowest BCUT2D eigenvalue weighted by Gasteiger charge is -2.00. The van der Waals surface area contributed by atoms with E-state index in [9.17, 15) is 9.18 Å². The van der Waals surface area contributed by atoms with Crippen molar-refractivity contribution in [2.24, 2.45) is 0 Å². The van der Waals surface area contributed by atoms with Crippen molar-refractivity contribution in [3.05, 3.63) is 40.0 Å². The lowest BCUT2D eigenvalue weighted by molar-refractivity contribution is -0.142. The molecule has 0 saturated carbocycles. The lowest BCUT2D eigenvalue weighted by Crippen LogP contribution is -2.07. The van der Waals surface area contributed by atoms with Crippen molar-refractivity contribution in [1.29, 1.82) is 0 Å². The number of benzene rings is 1. The first-order chi connectivity index (χ1) is 9.10. The van der Waals surface area contributed by atoms with E-state index in [2.05, 4.69) is 4.98 Å². The predicted molar refractivity (Wildman–Crippen MR) is 72.6 cm³/mol. The van der Waals surface area contributed by atoms with Crippen LogP contribution in [0.3, 0.4) is 0 Å². The normalized spacial score (nSPS) is 10.5. The minimum Gasteiger partial charge on any atom is -0.466 e. The maximum Gasteiger partial charge on any atom is 0.312 e. The molecule has 5 heteroatoms. The van der Waals surface area contributed by atoms with Gasteiger partial charge in [0.2, 0.25) is 0 Å². The number of rotatable bonds is 4. The van der Waals surface area contributed by atoms with Crippen molar-refractivity contribution in [2.45, 2.75) is 20.3 Å². The number of halogens is 1. The first kappa shape index (κ1) is 13.7. The van der Waals surface area contributed by atoms with Gasteiger partial charge in [0.05, 0.1) is 18.7 Å². The zero-order valence-corrected chi connectivity index (χ0v) is 11.6. The second kappa shape index (κ2) is 5.93.